The van der Waals surface area contributed by atoms with E-state index in [1.807, 2.05) is 13.8 Å². The SMILES string of the molecule is COC[C@H]1CN(C(C)C)C(=O)c2c(O)c(=O)c(-c3nnc(Cc4cc(OC)c(F)cc4F)s3)cn21. The molecule has 0 fully saturated rings. The van der Waals surface area contributed by atoms with Gasteiger partial charge in [0.05, 0.1) is 25.3 Å². The molecule has 0 aliphatic carbocycles. The van der Waals surface area contributed by atoms with E-state index in [1.165, 1.54) is 26.5 Å². The fraction of sp³-hybridized carbons (Fsp3) is 0.391. The molecule has 0 radical (unpaired) electrons. The van der Waals surface area contributed by atoms with Crippen molar-refractivity contribution in [2.45, 2.75) is 32.4 Å². The maximum atomic E-state index is 14.3. The standard InChI is InChI=1S/C23H24F2N4O5S/c1-11(2)28-8-13(10-33-3)29-9-14(20(30)21(31)19(29)23(28)32)22-27-26-18(35-22)6-12-5-17(34-4)16(25)7-15(12)24/h5,7,9,11,13,31H,6,8,10H2,1-4H3/t13-/m1/s1. The molecule has 0 bridgehead atoms. The summed E-state index contributed by atoms with van der Waals surface area (Å²) in [6.07, 6.45) is 1.47. The number of ether oxygens (including phenoxy) is 2. The molecule has 9 nitrogen and oxygen atoms in total. The molecule has 1 N–H and O–H groups in total. The van der Waals surface area contributed by atoms with Gasteiger partial charge in [-0.3, -0.25) is 9.59 Å². The summed E-state index contributed by atoms with van der Waals surface area (Å²) >= 11 is 1.03. The van der Waals surface area contributed by atoms with Crippen molar-refractivity contribution in [1.29, 1.82) is 0 Å². The van der Waals surface area contributed by atoms with Gasteiger partial charge in [0.1, 0.15) is 10.8 Å². The smallest absolute Gasteiger partial charge is 0.274 e. The van der Waals surface area contributed by atoms with Crippen LogP contribution in [0.2, 0.25) is 0 Å². The second-order valence-electron chi connectivity index (χ2n) is 8.39. The van der Waals surface area contributed by atoms with Crippen LogP contribution in [-0.2, 0) is 11.2 Å². The molecule has 3 heterocycles. The molecule has 0 spiro atoms. The van der Waals surface area contributed by atoms with Crippen molar-refractivity contribution in [3.8, 4) is 22.1 Å². The summed E-state index contributed by atoms with van der Waals surface area (Å²) in [6.45, 7) is 4.29. The van der Waals surface area contributed by atoms with Crippen LogP contribution in [0.4, 0.5) is 8.78 Å². The summed E-state index contributed by atoms with van der Waals surface area (Å²) in [7, 11) is 2.81. The average molecular weight is 507 g/mol. The first-order valence-electron chi connectivity index (χ1n) is 10.8. The zero-order chi connectivity index (χ0) is 25.4. The Morgan fingerprint density at radius 1 is 1.20 bits per heavy atom. The number of hydrogen-bond donors (Lipinski definition) is 1. The van der Waals surface area contributed by atoms with Gasteiger partial charge in [0, 0.05) is 38.4 Å². The van der Waals surface area contributed by atoms with E-state index in [9.17, 15) is 23.5 Å². The zero-order valence-electron chi connectivity index (χ0n) is 19.5. The van der Waals surface area contributed by atoms with Crippen LogP contribution in [-0.4, -0.2) is 64.1 Å². The van der Waals surface area contributed by atoms with Crippen molar-refractivity contribution < 1.29 is 28.2 Å². The maximum Gasteiger partial charge on any atom is 0.274 e. The number of carbonyl (C=O) groups is 1. The third-order valence-electron chi connectivity index (χ3n) is 5.82. The van der Waals surface area contributed by atoms with E-state index in [4.69, 9.17) is 9.47 Å². The molecule has 0 saturated carbocycles. The Balaban J connectivity index is 1.74. The number of aromatic hydroxyl groups is 1. The number of pyridine rings is 1. The number of nitrogens with zero attached hydrogens (tertiary/aromatic N) is 4. The van der Waals surface area contributed by atoms with Crippen molar-refractivity contribution in [3.05, 3.63) is 56.5 Å². The predicted octanol–water partition coefficient (Wildman–Crippen LogP) is 3.00. The van der Waals surface area contributed by atoms with Gasteiger partial charge < -0.3 is 24.0 Å². The number of methoxy groups -OCH3 is 2. The average Bonchev–Trinajstić information content (AvgIpc) is 3.27. The second kappa shape index (κ2) is 9.70. The first kappa shape index (κ1) is 24.7. The van der Waals surface area contributed by atoms with Crippen LogP contribution in [0.15, 0.2) is 23.1 Å². The van der Waals surface area contributed by atoms with Crippen LogP contribution in [0, 0.1) is 11.6 Å². The monoisotopic (exact) mass is 506 g/mol. The minimum atomic E-state index is -0.819. The van der Waals surface area contributed by atoms with E-state index in [0.717, 1.165) is 17.4 Å². The van der Waals surface area contributed by atoms with Gasteiger partial charge in [-0.2, -0.15) is 0 Å². The number of carbonyl (C=O) groups excluding carboxylic acids is 1. The highest BCUT2D eigenvalue weighted by molar-refractivity contribution is 7.14. The first-order valence-corrected chi connectivity index (χ1v) is 11.6. The molecule has 1 aliphatic heterocycles. The molecule has 0 saturated heterocycles. The summed E-state index contributed by atoms with van der Waals surface area (Å²) in [5.74, 6) is -2.81. The fourth-order valence-corrected chi connectivity index (χ4v) is 4.91. The molecule has 35 heavy (non-hydrogen) atoms. The maximum absolute atomic E-state index is 14.3. The lowest BCUT2D eigenvalue weighted by atomic mass is 10.1. The van der Waals surface area contributed by atoms with Gasteiger partial charge in [0.25, 0.3) is 5.91 Å². The molecule has 3 aromatic rings. The Bertz CT molecular complexity index is 1340. The minimum absolute atomic E-state index is 0.00741. The molecule has 4 rings (SSSR count). The first-order chi connectivity index (χ1) is 16.7. The van der Waals surface area contributed by atoms with E-state index in [0.29, 0.717) is 11.6 Å². The van der Waals surface area contributed by atoms with Crippen molar-refractivity contribution >= 4 is 17.2 Å². The van der Waals surface area contributed by atoms with Gasteiger partial charge in [-0.05, 0) is 25.5 Å². The fourth-order valence-electron chi connectivity index (χ4n) is 4.04. The Kier molecular flexibility index (Phi) is 6.86. The van der Waals surface area contributed by atoms with Gasteiger partial charge in [-0.15, -0.1) is 10.2 Å². The lowest BCUT2D eigenvalue weighted by Crippen LogP contribution is -2.48. The van der Waals surface area contributed by atoms with Crippen molar-refractivity contribution in [2.24, 2.45) is 0 Å². The van der Waals surface area contributed by atoms with Gasteiger partial charge >= 0.3 is 0 Å². The molecular formula is C23H24F2N4O5S. The summed E-state index contributed by atoms with van der Waals surface area (Å²) in [5.41, 5.74) is -0.663. The number of hydrogen-bond acceptors (Lipinski definition) is 8. The molecule has 1 aromatic carbocycles. The summed E-state index contributed by atoms with van der Waals surface area (Å²) in [5, 5.41) is 19.4. The zero-order valence-corrected chi connectivity index (χ0v) is 20.4. The lowest BCUT2D eigenvalue weighted by molar-refractivity contribution is 0.0511. The number of amides is 1. The summed E-state index contributed by atoms with van der Waals surface area (Å²) in [4.78, 5) is 27.6. The largest absolute Gasteiger partial charge is 0.503 e. The molecule has 1 aliphatic rings. The van der Waals surface area contributed by atoms with Crippen LogP contribution in [0.1, 0.15) is 40.9 Å². The third-order valence-corrected chi connectivity index (χ3v) is 6.77. The molecule has 0 unspecified atom stereocenters. The van der Waals surface area contributed by atoms with E-state index < -0.39 is 28.7 Å². The van der Waals surface area contributed by atoms with Gasteiger partial charge in [0.15, 0.2) is 28.0 Å². The topological polar surface area (TPSA) is 107 Å². The van der Waals surface area contributed by atoms with Crippen LogP contribution in [0.25, 0.3) is 10.6 Å². The van der Waals surface area contributed by atoms with E-state index in [-0.39, 0.29) is 52.7 Å². The Labute approximate surface area is 203 Å². The normalized spacial score (nSPS) is 15.6. The van der Waals surface area contributed by atoms with E-state index in [1.54, 1.807) is 9.47 Å². The summed E-state index contributed by atoms with van der Waals surface area (Å²) < 4.78 is 39.7. The van der Waals surface area contributed by atoms with Gasteiger partial charge in [-0.1, -0.05) is 11.3 Å². The molecule has 186 valence electrons. The quantitative estimate of drug-likeness (QED) is 0.525. The minimum Gasteiger partial charge on any atom is -0.503 e. The van der Waals surface area contributed by atoms with Crippen LogP contribution in [0.3, 0.4) is 0 Å². The van der Waals surface area contributed by atoms with E-state index >= 15 is 0 Å². The van der Waals surface area contributed by atoms with Crippen molar-refractivity contribution in [2.75, 3.05) is 27.4 Å². The van der Waals surface area contributed by atoms with Crippen LogP contribution < -0.4 is 10.2 Å². The van der Waals surface area contributed by atoms with Gasteiger partial charge in [0.2, 0.25) is 5.43 Å². The van der Waals surface area contributed by atoms with Crippen LogP contribution >= 0.6 is 11.3 Å². The van der Waals surface area contributed by atoms with Gasteiger partial charge in [-0.25, -0.2) is 8.78 Å². The van der Waals surface area contributed by atoms with Crippen molar-refractivity contribution in [3.63, 3.8) is 0 Å². The predicted molar refractivity (Wildman–Crippen MR) is 124 cm³/mol. The Morgan fingerprint density at radius 3 is 2.60 bits per heavy atom. The van der Waals surface area contributed by atoms with Crippen LogP contribution in [0.5, 0.6) is 11.5 Å². The molecule has 1 amide bonds. The highest BCUT2D eigenvalue weighted by Crippen LogP contribution is 2.32. The number of halogens is 2. The highest BCUT2D eigenvalue weighted by atomic mass is 32.1. The Hall–Kier alpha value is -3.38. The van der Waals surface area contributed by atoms with Crippen molar-refractivity contribution in [1.82, 2.24) is 19.7 Å². The molecule has 12 heteroatoms. The molecular weight excluding hydrogens is 482 g/mol. The lowest BCUT2D eigenvalue weighted by Gasteiger charge is -2.38. The Morgan fingerprint density at radius 2 is 1.94 bits per heavy atom. The second-order valence-corrected chi connectivity index (χ2v) is 9.45. The molecule has 2 aromatic heterocycles. The number of aromatic nitrogens is 3. The number of rotatable bonds is 7. The number of benzene rings is 1. The highest BCUT2D eigenvalue weighted by Gasteiger charge is 2.36. The van der Waals surface area contributed by atoms with E-state index in [2.05, 4.69) is 10.2 Å². The third kappa shape index (κ3) is 4.50. The number of fused-ring (bicyclic) bond motifs is 1. The summed E-state index contributed by atoms with van der Waals surface area (Å²) in [6, 6.07) is 1.50. The molecule has 1 atom stereocenters.